The number of anilines is 1. The van der Waals surface area contributed by atoms with E-state index in [1.807, 2.05) is 42.8 Å². The lowest BCUT2D eigenvalue weighted by molar-refractivity contribution is -0.116. The highest BCUT2D eigenvalue weighted by molar-refractivity contribution is 8.00. The molecular weight excluding hydrogens is 405 g/mol. The van der Waals surface area contributed by atoms with Gasteiger partial charge >= 0.3 is 0 Å². The summed E-state index contributed by atoms with van der Waals surface area (Å²) in [6.07, 6.45) is 0.697. The van der Waals surface area contributed by atoms with Crippen molar-refractivity contribution < 1.29 is 13.9 Å². The van der Waals surface area contributed by atoms with Gasteiger partial charge < -0.3 is 15.5 Å². The molecule has 9 heteroatoms. The van der Waals surface area contributed by atoms with Crippen LogP contribution in [0.25, 0.3) is 0 Å². The summed E-state index contributed by atoms with van der Waals surface area (Å²) in [6.45, 7) is 4.50. The van der Waals surface area contributed by atoms with Crippen LogP contribution in [-0.4, -0.2) is 32.6 Å². The standard InChI is InChI=1S/C21H22FN5O2S/c1-3-17-24-25-21-27(17)26-18(13-9-11-14(12-10-13)29-4-2)19(30-21)20(28)23-16-8-6-5-7-15(16)22/h5-12,18-19,26H,3-4H2,1-2H3,(H,23,28)/t18-,19-/m0/s1. The summed E-state index contributed by atoms with van der Waals surface area (Å²) in [6, 6.07) is 13.3. The minimum absolute atomic E-state index is 0.148. The smallest absolute Gasteiger partial charge is 0.240 e. The maximum absolute atomic E-state index is 14.1. The highest BCUT2D eigenvalue weighted by Crippen LogP contribution is 2.38. The van der Waals surface area contributed by atoms with E-state index >= 15 is 0 Å². The predicted molar refractivity (Wildman–Crippen MR) is 114 cm³/mol. The molecule has 0 aliphatic carbocycles. The van der Waals surface area contributed by atoms with Gasteiger partial charge in [0.1, 0.15) is 16.8 Å². The average molecular weight is 428 g/mol. The van der Waals surface area contributed by atoms with Gasteiger partial charge in [-0.05, 0) is 36.8 Å². The Balaban J connectivity index is 1.66. The van der Waals surface area contributed by atoms with Crippen molar-refractivity contribution >= 4 is 23.4 Å². The van der Waals surface area contributed by atoms with Gasteiger partial charge in [-0.25, -0.2) is 9.07 Å². The number of carbonyl (C=O) groups excluding carboxylic acids is 1. The third-order valence-electron chi connectivity index (χ3n) is 4.76. The van der Waals surface area contributed by atoms with Gasteiger partial charge in [0.2, 0.25) is 11.1 Å². The normalized spacial score (nSPS) is 17.7. The van der Waals surface area contributed by atoms with E-state index in [2.05, 4.69) is 20.9 Å². The van der Waals surface area contributed by atoms with Crippen LogP contribution in [0.5, 0.6) is 5.75 Å². The van der Waals surface area contributed by atoms with Crippen LogP contribution in [0, 0.1) is 5.82 Å². The molecule has 0 unspecified atom stereocenters. The molecule has 2 aromatic carbocycles. The molecule has 0 saturated heterocycles. The SMILES string of the molecule is CCOc1ccc([C@@H]2Nn3c(CC)nnc3S[C@@H]2C(=O)Nc2ccccc2F)cc1. The van der Waals surface area contributed by atoms with E-state index in [1.165, 1.54) is 23.9 Å². The van der Waals surface area contributed by atoms with Crippen molar-refractivity contribution in [1.82, 2.24) is 14.9 Å². The van der Waals surface area contributed by atoms with E-state index < -0.39 is 11.1 Å². The van der Waals surface area contributed by atoms with Gasteiger partial charge in [0.05, 0.1) is 18.3 Å². The van der Waals surface area contributed by atoms with Crippen molar-refractivity contribution in [2.24, 2.45) is 0 Å². The molecule has 4 rings (SSSR count). The van der Waals surface area contributed by atoms with E-state index in [-0.39, 0.29) is 17.6 Å². The Morgan fingerprint density at radius 3 is 2.67 bits per heavy atom. The second-order valence-electron chi connectivity index (χ2n) is 6.70. The zero-order chi connectivity index (χ0) is 21.1. The highest BCUT2D eigenvalue weighted by Gasteiger charge is 2.37. The molecule has 1 aromatic heterocycles. The number of fused-ring (bicyclic) bond motifs is 1. The zero-order valence-corrected chi connectivity index (χ0v) is 17.4. The lowest BCUT2D eigenvalue weighted by Gasteiger charge is -2.33. The van der Waals surface area contributed by atoms with Crippen LogP contribution < -0.4 is 15.5 Å². The lowest BCUT2D eigenvalue weighted by Crippen LogP contribution is -2.41. The maximum Gasteiger partial charge on any atom is 0.240 e. The van der Waals surface area contributed by atoms with Crippen molar-refractivity contribution in [2.75, 3.05) is 17.3 Å². The molecule has 0 spiro atoms. The first-order valence-corrected chi connectivity index (χ1v) is 10.6. The van der Waals surface area contributed by atoms with Crippen molar-refractivity contribution in [3.05, 3.63) is 65.7 Å². The van der Waals surface area contributed by atoms with Gasteiger partial charge in [-0.2, -0.15) is 0 Å². The van der Waals surface area contributed by atoms with E-state index in [4.69, 9.17) is 4.74 Å². The number of ether oxygens (including phenoxy) is 1. The molecule has 2 heterocycles. The van der Waals surface area contributed by atoms with Gasteiger partial charge in [-0.1, -0.05) is 43.0 Å². The number of amides is 1. The first-order chi connectivity index (χ1) is 14.6. The van der Waals surface area contributed by atoms with E-state index in [0.29, 0.717) is 18.2 Å². The number of thioether (sulfide) groups is 1. The van der Waals surface area contributed by atoms with E-state index in [1.54, 1.807) is 12.1 Å². The Bertz CT molecular complexity index is 1040. The molecule has 0 fully saturated rings. The fraction of sp³-hybridized carbons (Fsp3) is 0.286. The summed E-state index contributed by atoms with van der Waals surface area (Å²) in [4.78, 5) is 13.1. The zero-order valence-electron chi connectivity index (χ0n) is 16.6. The maximum atomic E-state index is 14.1. The van der Waals surface area contributed by atoms with Gasteiger partial charge in [-0.15, -0.1) is 10.2 Å². The van der Waals surface area contributed by atoms with Gasteiger partial charge in [-0.3, -0.25) is 4.79 Å². The Morgan fingerprint density at radius 1 is 1.20 bits per heavy atom. The summed E-state index contributed by atoms with van der Waals surface area (Å²) >= 11 is 1.30. The number of nitrogens with zero attached hydrogens (tertiary/aromatic N) is 3. The summed E-state index contributed by atoms with van der Waals surface area (Å²) in [5.41, 5.74) is 4.42. The molecule has 0 saturated carbocycles. The second kappa shape index (κ2) is 8.74. The number of para-hydroxylation sites is 1. The van der Waals surface area contributed by atoms with Crippen LogP contribution >= 0.6 is 11.8 Å². The van der Waals surface area contributed by atoms with E-state index in [9.17, 15) is 9.18 Å². The summed E-state index contributed by atoms with van der Waals surface area (Å²) in [5.74, 6) is 0.746. The number of carbonyl (C=O) groups is 1. The third-order valence-corrected chi connectivity index (χ3v) is 5.98. The molecule has 0 radical (unpaired) electrons. The highest BCUT2D eigenvalue weighted by atomic mass is 32.2. The number of nitrogens with one attached hydrogen (secondary N) is 2. The van der Waals surface area contributed by atoms with Crippen molar-refractivity contribution in [2.45, 2.75) is 36.7 Å². The van der Waals surface area contributed by atoms with Crippen LogP contribution in [0.15, 0.2) is 53.7 Å². The molecule has 7 nitrogen and oxygen atoms in total. The number of hydrogen-bond donors (Lipinski definition) is 2. The number of rotatable bonds is 6. The molecule has 0 bridgehead atoms. The molecule has 2 atom stereocenters. The third kappa shape index (κ3) is 3.97. The molecule has 1 aliphatic heterocycles. The fourth-order valence-corrected chi connectivity index (χ4v) is 4.38. The molecule has 156 valence electrons. The molecule has 1 aliphatic rings. The average Bonchev–Trinajstić information content (AvgIpc) is 3.17. The minimum Gasteiger partial charge on any atom is -0.494 e. The van der Waals surface area contributed by atoms with Crippen LogP contribution in [0.4, 0.5) is 10.1 Å². The number of halogens is 1. The first-order valence-electron chi connectivity index (χ1n) is 9.76. The minimum atomic E-state index is -0.580. The van der Waals surface area contributed by atoms with Crippen LogP contribution in [0.2, 0.25) is 0 Å². The number of hydrogen-bond acceptors (Lipinski definition) is 6. The van der Waals surface area contributed by atoms with Gasteiger partial charge in [0.15, 0.2) is 5.82 Å². The van der Waals surface area contributed by atoms with Crippen LogP contribution in [-0.2, 0) is 11.2 Å². The molecule has 30 heavy (non-hydrogen) atoms. The molecule has 3 aromatic rings. The van der Waals surface area contributed by atoms with Gasteiger partial charge in [0.25, 0.3) is 0 Å². The fourth-order valence-electron chi connectivity index (χ4n) is 3.28. The van der Waals surface area contributed by atoms with E-state index in [0.717, 1.165) is 17.1 Å². The lowest BCUT2D eigenvalue weighted by atomic mass is 10.0. The summed E-state index contributed by atoms with van der Waals surface area (Å²) < 4.78 is 21.4. The molecule has 1 amide bonds. The monoisotopic (exact) mass is 427 g/mol. The Morgan fingerprint density at radius 2 is 1.97 bits per heavy atom. The largest absolute Gasteiger partial charge is 0.494 e. The number of benzene rings is 2. The first kappa shape index (κ1) is 20.2. The second-order valence-corrected chi connectivity index (χ2v) is 7.81. The predicted octanol–water partition coefficient (Wildman–Crippen LogP) is 3.78. The number of aryl methyl sites for hydroxylation is 1. The summed E-state index contributed by atoms with van der Waals surface area (Å²) in [7, 11) is 0. The topological polar surface area (TPSA) is 81.1 Å². The quantitative estimate of drug-likeness (QED) is 0.623. The van der Waals surface area contributed by atoms with Crippen molar-refractivity contribution in [3.63, 3.8) is 0 Å². The summed E-state index contributed by atoms with van der Waals surface area (Å²) in [5, 5.41) is 11.1. The van der Waals surface area contributed by atoms with Crippen molar-refractivity contribution in [1.29, 1.82) is 0 Å². The molecule has 2 N–H and O–H groups in total. The molecular formula is C21H22FN5O2S. The van der Waals surface area contributed by atoms with Crippen LogP contribution in [0.3, 0.4) is 0 Å². The Hall–Kier alpha value is -3.07. The van der Waals surface area contributed by atoms with Crippen LogP contribution in [0.1, 0.15) is 31.3 Å². The Kier molecular flexibility index (Phi) is 5.89. The van der Waals surface area contributed by atoms with Gasteiger partial charge in [0, 0.05) is 6.42 Å². The number of aromatic nitrogens is 3. The Labute approximate surface area is 178 Å². The van der Waals surface area contributed by atoms with Crippen molar-refractivity contribution in [3.8, 4) is 5.75 Å².